The monoisotopic (exact) mass is 406 g/mol. The molecule has 0 fully saturated rings. The molecule has 1 aromatic carbocycles. The number of fused-ring (bicyclic) bond motifs is 7. The molecule has 4 aromatic rings. The van der Waals surface area contributed by atoms with E-state index in [9.17, 15) is 14.4 Å². The molecule has 0 atom stereocenters. The summed E-state index contributed by atoms with van der Waals surface area (Å²) in [6, 6.07) is 6.80. The zero-order valence-electron chi connectivity index (χ0n) is 14.8. The summed E-state index contributed by atoms with van der Waals surface area (Å²) in [4.78, 5) is 47.1. The minimum atomic E-state index is -0.277. The van der Waals surface area contributed by atoms with Crippen molar-refractivity contribution in [2.45, 2.75) is 32.1 Å². The standard InChI is InChI=1S/C21H14N2O3S2/c24-16-10-6-4-5-7-11(10)17(25)18-15(16)23-20(26)14-12-8-2-1-3-9-13(12)27-19(14)22-21(23)28-18/h4-7H,1-3,8-9H2. The van der Waals surface area contributed by atoms with E-state index in [-0.39, 0.29) is 22.8 Å². The lowest BCUT2D eigenvalue weighted by atomic mass is 9.91. The summed E-state index contributed by atoms with van der Waals surface area (Å²) in [6.45, 7) is 0. The molecule has 2 aliphatic carbocycles. The molecule has 0 N–H and O–H groups in total. The van der Waals surface area contributed by atoms with Crippen LogP contribution in [0.1, 0.15) is 61.0 Å². The molecule has 0 saturated heterocycles. The van der Waals surface area contributed by atoms with Gasteiger partial charge in [0.1, 0.15) is 15.4 Å². The van der Waals surface area contributed by atoms with Crippen molar-refractivity contribution >= 4 is 49.4 Å². The molecule has 138 valence electrons. The van der Waals surface area contributed by atoms with Gasteiger partial charge in [0, 0.05) is 16.0 Å². The number of aryl methyl sites for hydroxylation is 2. The molecule has 0 unspecified atom stereocenters. The Labute approximate surface area is 167 Å². The molecule has 0 saturated carbocycles. The van der Waals surface area contributed by atoms with Crippen molar-refractivity contribution in [2.75, 3.05) is 0 Å². The lowest BCUT2D eigenvalue weighted by Crippen LogP contribution is -2.25. The molecule has 0 aliphatic heterocycles. The third-order valence-corrected chi connectivity index (χ3v) is 7.90. The number of thiazole rings is 1. The molecule has 0 radical (unpaired) electrons. The van der Waals surface area contributed by atoms with E-state index in [2.05, 4.69) is 0 Å². The van der Waals surface area contributed by atoms with Crippen molar-refractivity contribution < 1.29 is 9.59 Å². The number of nitrogens with zero attached hydrogens (tertiary/aromatic N) is 2. The smallest absolute Gasteiger partial charge is 0.268 e. The Bertz CT molecular complexity index is 1410. The molecule has 6 rings (SSSR count). The summed E-state index contributed by atoms with van der Waals surface area (Å²) in [7, 11) is 0. The van der Waals surface area contributed by atoms with Crippen molar-refractivity contribution in [1.29, 1.82) is 0 Å². The molecule has 3 heterocycles. The maximum Gasteiger partial charge on any atom is 0.268 e. The van der Waals surface area contributed by atoms with E-state index >= 15 is 0 Å². The third-order valence-electron chi connectivity index (χ3n) is 5.68. The first kappa shape index (κ1) is 16.3. The number of hydrogen-bond acceptors (Lipinski definition) is 6. The Balaban J connectivity index is 1.72. The number of thiophene rings is 1. The predicted octanol–water partition coefficient (Wildman–Crippen LogP) is 4.02. The van der Waals surface area contributed by atoms with Crippen LogP contribution in [-0.4, -0.2) is 21.0 Å². The fraction of sp³-hybridized carbons (Fsp3) is 0.238. The van der Waals surface area contributed by atoms with Gasteiger partial charge in [0.05, 0.1) is 5.39 Å². The molecule has 3 aromatic heterocycles. The predicted molar refractivity (Wildman–Crippen MR) is 109 cm³/mol. The van der Waals surface area contributed by atoms with E-state index in [1.54, 1.807) is 35.6 Å². The molecule has 7 heteroatoms. The summed E-state index contributed by atoms with van der Waals surface area (Å²) >= 11 is 2.73. The van der Waals surface area contributed by atoms with Crippen LogP contribution >= 0.6 is 22.7 Å². The number of carbonyl (C=O) groups is 2. The van der Waals surface area contributed by atoms with Crippen molar-refractivity contribution in [1.82, 2.24) is 9.38 Å². The van der Waals surface area contributed by atoms with E-state index in [0.717, 1.165) is 53.8 Å². The molecule has 5 nitrogen and oxygen atoms in total. The number of carbonyl (C=O) groups excluding carboxylic acids is 2. The van der Waals surface area contributed by atoms with Crippen LogP contribution in [0.4, 0.5) is 0 Å². The highest BCUT2D eigenvalue weighted by Gasteiger charge is 2.35. The van der Waals surface area contributed by atoms with Crippen molar-refractivity contribution in [3.63, 3.8) is 0 Å². The van der Waals surface area contributed by atoms with Crippen LogP contribution in [0.2, 0.25) is 0 Å². The second-order valence-corrected chi connectivity index (χ2v) is 9.32. The maximum absolute atomic E-state index is 13.5. The summed E-state index contributed by atoms with van der Waals surface area (Å²) in [5.74, 6) is -0.483. The minimum Gasteiger partial charge on any atom is -0.288 e. The Kier molecular flexibility index (Phi) is 3.31. The SMILES string of the molecule is O=C1c2ccccc2C(=O)c2c1sc1nc3sc4c(c3c(=O)n21)CCCCC4. The van der Waals surface area contributed by atoms with E-state index in [0.29, 0.717) is 26.4 Å². The molecule has 0 bridgehead atoms. The van der Waals surface area contributed by atoms with Gasteiger partial charge in [-0.3, -0.25) is 14.4 Å². The number of aromatic nitrogens is 2. The van der Waals surface area contributed by atoms with Gasteiger partial charge in [0.25, 0.3) is 5.56 Å². The van der Waals surface area contributed by atoms with E-state index in [1.807, 2.05) is 0 Å². The topological polar surface area (TPSA) is 68.5 Å². The van der Waals surface area contributed by atoms with Gasteiger partial charge < -0.3 is 0 Å². The fourth-order valence-corrected chi connectivity index (χ4v) is 6.74. The normalized spacial score (nSPS) is 16.1. The highest BCUT2D eigenvalue weighted by Crippen LogP contribution is 2.36. The summed E-state index contributed by atoms with van der Waals surface area (Å²) in [6.07, 6.45) is 5.22. The van der Waals surface area contributed by atoms with Crippen molar-refractivity contribution in [2.24, 2.45) is 0 Å². The van der Waals surface area contributed by atoms with Crippen molar-refractivity contribution in [3.8, 4) is 0 Å². The van der Waals surface area contributed by atoms with Gasteiger partial charge in [0.15, 0.2) is 4.96 Å². The molecular formula is C21H14N2O3S2. The van der Waals surface area contributed by atoms with E-state index < -0.39 is 0 Å². The zero-order valence-corrected chi connectivity index (χ0v) is 16.4. The van der Waals surface area contributed by atoms with Crippen LogP contribution in [0.3, 0.4) is 0 Å². The average molecular weight is 406 g/mol. The molecule has 2 aliphatic rings. The first-order valence-corrected chi connectivity index (χ1v) is 11.0. The first-order chi connectivity index (χ1) is 13.6. The largest absolute Gasteiger partial charge is 0.288 e. The number of benzene rings is 1. The van der Waals surface area contributed by atoms with Gasteiger partial charge >= 0.3 is 0 Å². The van der Waals surface area contributed by atoms with Crippen LogP contribution in [0.5, 0.6) is 0 Å². The maximum atomic E-state index is 13.5. The van der Waals surface area contributed by atoms with Gasteiger partial charge in [0.2, 0.25) is 11.6 Å². The van der Waals surface area contributed by atoms with Gasteiger partial charge in [-0.15, -0.1) is 11.3 Å². The van der Waals surface area contributed by atoms with Crippen LogP contribution in [0.15, 0.2) is 29.1 Å². The van der Waals surface area contributed by atoms with E-state index in [1.165, 1.54) is 9.28 Å². The second kappa shape index (κ2) is 5.68. The third kappa shape index (κ3) is 2.00. The summed E-state index contributed by atoms with van der Waals surface area (Å²) < 4.78 is 1.39. The van der Waals surface area contributed by atoms with Gasteiger partial charge in [-0.1, -0.05) is 42.0 Å². The van der Waals surface area contributed by atoms with E-state index in [4.69, 9.17) is 4.98 Å². The first-order valence-electron chi connectivity index (χ1n) is 9.33. The quantitative estimate of drug-likeness (QED) is 0.364. The van der Waals surface area contributed by atoms with Crippen LogP contribution < -0.4 is 5.56 Å². The van der Waals surface area contributed by atoms with Gasteiger partial charge in [-0.25, -0.2) is 9.38 Å². The highest BCUT2D eigenvalue weighted by atomic mass is 32.1. The summed E-state index contributed by atoms with van der Waals surface area (Å²) in [5, 5.41) is 0.638. The molecular weight excluding hydrogens is 392 g/mol. The fourth-order valence-electron chi connectivity index (χ4n) is 4.36. The molecule has 0 amide bonds. The highest BCUT2D eigenvalue weighted by molar-refractivity contribution is 7.20. The van der Waals surface area contributed by atoms with Crippen LogP contribution in [0, 0.1) is 0 Å². The lowest BCUT2D eigenvalue weighted by Gasteiger charge is -2.13. The Hall–Kier alpha value is -2.64. The average Bonchev–Trinajstić information content (AvgIpc) is 3.17. The Morgan fingerprint density at radius 2 is 1.64 bits per heavy atom. The second-order valence-electron chi connectivity index (χ2n) is 7.26. The molecule has 0 spiro atoms. The zero-order chi connectivity index (χ0) is 19.0. The van der Waals surface area contributed by atoms with Gasteiger partial charge in [-0.05, 0) is 31.2 Å². The van der Waals surface area contributed by atoms with Crippen molar-refractivity contribution in [3.05, 3.63) is 66.8 Å². The van der Waals surface area contributed by atoms with Crippen LogP contribution in [-0.2, 0) is 12.8 Å². The Morgan fingerprint density at radius 3 is 2.46 bits per heavy atom. The lowest BCUT2D eigenvalue weighted by molar-refractivity contribution is 0.0978. The number of rotatable bonds is 0. The molecule has 28 heavy (non-hydrogen) atoms. The number of ketones is 2. The summed E-state index contributed by atoms with van der Waals surface area (Å²) in [5.41, 5.74) is 1.82. The van der Waals surface area contributed by atoms with Crippen LogP contribution in [0.25, 0.3) is 15.2 Å². The Morgan fingerprint density at radius 1 is 0.893 bits per heavy atom. The minimum absolute atomic E-state index is 0.177. The number of hydrogen-bond donors (Lipinski definition) is 0. The van der Waals surface area contributed by atoms with Gasteiger partial charge in [-0.2, -0.15) is 0 Å².